The van der Waals surface area contributed by atoms with Crippen LogP contribution in [0.1, 0.15) is 40.5 Å². The summed E-state index contributed by atoms with van der Waals surface area (Å²) in [6.45, 7) is 8.00. The molecule has 0 aromatic heterocycles. The summed E-state index contributed by atoms with van der Waals surface area (Å²) < 4.78 is 10.1. The minimum atomic E-state index is -0.490. The van der Waals surface area contributed by atoms with Crippen molar-refractivity contribution in [2.75, 3.05) is 13.7 Å². The maximum absolute atomic E-state index is 12.0. The maximum atomic E-state index is 12.0. The van der Waals surface area contributed by atoms with Crippen LogP contribution in [0.2, 0.25) is 0 Å². The van der Waals surface area contributed by atoms with Gasteiger partial charge in [0.25, 0.3) is 0 Å². The fourth-order valence-corrected chi connectivity index (χ4v) is 2.14. The topological polar surface area (TPSA) is 55.8 Å². The SMILES string of the molecule is COC(=O)C1CCN(C(=O)OC(C)(C)C)[C@@H](C)C1. The Hall–Kier alpha value is -1.26. The standard InChI is InChI=1S/C13H23NO4/c1-9-8-10(11(15)17-5)6-7-14(9)12(16)18-13(2,3)4/h9-10H,6-8H2,1-5H3/t9-,10?/m0/s1. The number of piperidine rings is 1. The largest absolute Gasteiger partial charge is 0.469 e. The molecule has 1 aliphatic rings. The molecule has 18 heavy (non-hydrogen) atoms. The average Bonchev–Trinajstić information content (AvgIpc) is 2.25. The second-order valence-corrected chi connectivity index (χ2v) is 5.77. The van der Waals surface area contributed by atoms with Gasteiger partial charge in [0.2, 0.25) is 0 Å². The van der Waals surface area contributed by atoms with E-state index in [1.807, 2.05) is 27.7 Å². The van der Waals surface area contributed by atoms with Crippen LogP contribution in [0.25, 0.3) is 0 Å². The van der Waals surface area contributed by atoms with E-state index in [2.05, 4.69) is 0 Å². The number of nitrogens with zero attached hydrogens (tertiary/aromatic N) is 1. The number of carbonyl (C=O) groups excluding carboxylic acids is 2. The van der Waals surface area contributed by atoms with Crippen LogP contribution >= 0.6 is 0 Å². The molecule has 1 aliphatic heterocycles. The quantitative estimate of drug-likeness (QED) is 0.676. The summed E-state index contributed by atoms with van der Waals surface area (Å²) in [6, 6.07) is -0.00213. The first-order valence-corrected chi connectivity index (χ1v) is 6.32. The molecule has 104 valence electrons. The van der Waals surface area contributed by atoms with Crippen molar-refractivity contribution in [3.8, 4) is 0 Å². The molecule has 1 amide bonds. The lowest BCUT2D eigenvalue weighted by atomic mass is 9.92. The van der Waals surface area contributed by atoms with Gasteiger partial charge in [-0.15, -0.1) is 0 Å². The minimum absolute atomic E-state index is 0.00213. The molecule has 0 bridgehead atoms. The molecule has 0 saturated carbocycles. The van der Waals surface area contributed by atoms with Crippen LogP contribution in [-0.4, -0.2) is 42.3 Å². The third-order valence-electron chi connectivity index (χ3n) is 3.04. The van der Waals surface area contributed by atoms with Crippen LogP contribution in [0.5, 0.6) is 0 Å². The Bertz CT molecular complexity index is 321. The number of rotatable bonds is 1. The Kier molecular flexibility index (Phi) is 4.59. The Balaban J connectivity index is 2.57. The number of hydrogen-bond donors (Lipinski definition) is 0. The van der Waals surface area contributed by atoms with E-state index in [9.17, 15) is 9.59 Å². The number of methoxy groups -OCH3 is 1. The van der Waals surface area contributed by atoms with Crippen molar-refractivity contribution in [1.29, 1.82) is 0 Å². The highest BCUT2D eigenvalue weighted by Crippen LogP contribution is 2.25. The third kappa shape index (κ3) is 3.89. The molecule has 0 aliphatic carbocycles. The molecular formula is C13H23NO4. The number of ether oxygens (including phenoxy) is 2. The molecular weight excluding hydrogens is 234 g/mol. The third-order valence-corrected chi connectivity index (χ3v) is 3.04. The number of amides is 1. The molecule has 0 aromatic rings. The van der Waals surface area contributed by atoms with Gasteiger partial charge in [-0.1, -0.05) is 0 Å². The molecule has 5 heteroatoms. The van der Waals surface area contributed by atoms with E-state index in [1.165, 1.54) is 7.11 Å². The minimum Gasteiger partial charge on any atom is -0.469 e. The van der Waals surface area contributed by atoms with Crippen molar-refractivity contribution < 1.29 is 19.1 Å². The molecule has 0 N–H and O–H groups in total. The zero-order valence-corrected chi connectivity index (χ0v) is 11.9. The Labute approximate surface area is 108 Å². The second kappa shape index (κ2) is 5.59. The second-order valence-electron chi connectivity index (χ2n) is 5.77. The molecule has 0 spiro atoms. The lowest BCUT2D eigenvalue weighted by Gasteiger charge is -2.37. The van der Waals surface area contributed by atoms with Crippen LogP contribution in [0.4, 0.5) is 4.79 Å². The van der Waals surface area contributed by atoms with Gasteiger partial charge in [-0.25, -0.2) is 4.79 Å². The van der Waals surface area contributed by atoms with Crippen LogP contribution in [-0.2, 0) is 14.3 Å². The number of hydrogen-bond acceptors (Lipinski definition) is 4. The van der Waals surface area contributed by atoms with Gasteiger partial charge in [-0.05, 0) is 40.5 Å². The first-order valence-electron chi connectivity index (χ1n) is 6.32. The van der Waals surface area contributed by atoms with E-state index in [0.717, 1.165) is 0 Å². The van der Waals surface area contributed by atoms with Gasteiger partial charge >= 0.3 is 12.1 Å². The van der Waals surface area contributed by atoms with Crippen molar-refractivity contribution in [3.05, 3.63) is 0 Å². The lowest BCUT2D eigenvalue weighted by Crippen LogP contribution is -2.48. The fourth-order valence-electron chi connectivity index (χ4n) is 2.14. The average molecular weight is 257 g/mol. The summed E-state index contributed by atoms with van der Waals surface area (Å²) in [6.07, 6.45) is 0.959. The van der Waals surface area contributed by atoms with E-state index in [-0.39, 0.29) is 24.0 Å². The first-order chi connectivity index (χ1) is 8.24. The van der Waals surface area contributed by atoms with Gasteiger partial charge in [-0.2, -0.15) is 0 Å². The van der Waals surface area contributed by atoms with E-state index in [4.69, 9.17) is 9.47 Å². The Morgan fingerprint density at radius 3 is 2.33 bits per heavy atom. The summed E-state index contributed by atoms with van der Waals surface area (Å²) in [5.41, 5.74) is -0.490. The van der Waals surface area contributed by atoms with Gasteiger partial charge in [0, 0.05) is 12.6 Å². The van der Waals surface area contributed by atoms with E-state index >= 15 is 0 Å². The highest BCUT2D eigenvalue weighted by atomic mass is 16.6. The van der Waals surface area contributed by atoms with Crippen LogP contribution in [0, 0.1) is 5.92 Å². The molecule has 1 fully saturated rings. The molecule has 0 aromatic carbocycles. The van der Waals surface area contributed by atoms with Crippen LogP contribution in [0.3, 0.4) is 0 Å². The monoisotopic (exact) mass is 257 g/mol. The zero-order chi connectivity index (χ0) is 13.9. The van der Waals surface area contributed by atoms with Crippen molar-refractivity contribution in [2.24, 2.45) is 5.92 Å². The predicted octanol–water partition coefficient (Wildman–Crippen LogP) is 2.20. The molecule has 1 heterocycles. The fraction of sp³-hybridized carbons (Fsp3) is 0.846. The Morgan fingerprint density at radius 2 is 1.89 bits per heavy atom. The summed E-state index contributed by atoms with van der Waals surface area (Å²) in [4.78, 5) is 25.1. The van der Waals surface area contributed by atoms with Gasteiger partial charge < -0.3 is 14.4 Å². The highest BCUT2D eigenvalue weighted by molar-refractivity contribution is 5.73. The first kappa shape index (κ1) is 14.8. The lowest BCUT2D eigenvalue weighted by molar-refractivity contribution is -0.147. The Morgan fingerprint density at radius 1 is 1.28 bits per heavy atom. The summed E-state index contributed by atoms with van der Waals surface area (Å²) in [5, 5.41) is 0. The molecule has 0 radical (unpaired) electrons. The maximum Gasteiger partial charge on any atom is 0.410 e. The van der Waals surface area contributed by atoms with E-state index in [0.29, 0.717) is 19.4 Å². The highest BCUT2D eigenvalue weighted by Gasteiger charge is 2.34. The smallest absolute Gasteiger partial charge is 0.410 e. The van der Waals surface area contributed by atoms with Gasteiger partial charge in [-0.3, -0.25) is 4.79 Å². The number of carbonyl (C=O) groups is 2. The number of likely N-dealkylation sites (tertiary alicyclic amines) is 1. The molecule has 5 nitrogen and oxygen atoms in total. The van der Waals surface area contributed by atoms with E-state index in [1.54, 1.807) is 4.90 Å². The molecule has 1 unspecified atom stereocenters. The predicted molar refractivity (Wildman–Crippen MR) is 67.1 cm³/mol. The summed E-state index contributed by atoms with van der Waals surface area (Å²) >= 11 is 0. The molecule has 1 saturated heterocycles. The van der Waals surface area contributed by atoms with Crippen LogP contribution in [0.15, 0.2) is 0 Å². The zero-order valence-electron chi connectivity index (χ0n) is 11.9. The van der Waals surface area contributed by atoms with Crippen molar-refractivity contribution >= 4 is 12.1 Å². The van der Waals surface area contributed by atoms with Gasteiger partial charge in [0.05, 0.1) is 13.0 Å². The molecule has 2 atom stereocenters. The van der Waals surface area contributed by atoms with Crippen molar-refractivity contribution in [3.63, 3.8) is 0 Å². The van der Waals surface area contributed by atoms with Gasteiger partial charge in [0.1, 0.15) is 5.60 Å². The molecule has 1 rings (SSSR count). The van der Waals surface area contributed by atoms with Gasteiger partial charge in [0.15, 0.2) is 0 Å². The van der Waals surface area contributed by atoms with Crippen LogP contribution < -0.4 is 0 Å². The summed E-state index contributed by atoms with van der Waals surface area (Å²) in [5.74, 6) is -0.297. The van der Waals surface area contributed by atoms with Crippen molar-refractivity contribution in [1.82, 2.24) is 4.90 Å². The number of esters is 1. The van der Waals surface area contributed by atoms with E-state index < -0.39 is 5.60 Å². The normalized spacial score (nSPS) is 24.6. The summed E-state index contributed by atoms with van der Waals surface area (Å²) in [7, 11) is 1.40. The van der Waals surface area contributed by atoms with Crippen molar-refractivity contribution in [2.45, 2.75) is 52.2 Å².